The van der Waals surface area contributed by atoms with Crippen LogP contribution in [0, 0.1) is 0 Å². The first kappa shape index (κ1) is 23.2. The van der Waals surface area contributed by atoms with Gasteiger partial charge >= 0.3 is 0 Å². The van der Waals surface area contributed by atoms with Gasteiger partial charge in [0.2, 0.25) is 11.8 Å². The van der Waals surface area contributed by atoms with Crippen molar-refractivity contribution in [1.29, 1.82) is 0 Å². The summed E-state index contributed by atoms with van der Waals surface area (Å²) < 4.78 is 0. The van der Waals surface area contributed by atoms with E-state index in [4.69, 9.17) is 0 Å². The van der Waals surface area contributed by atoms with Crippen molar-refractivity contribution in [1.82, 2.24) is 4.90 Å². The number of carbonyl (C=O) groups excluding carboxylic acids is 3. The average molecular weight is 447 g/mol. The lowest BCUT2D eigenvalue weighted by Crippen LogP contribution is -2.51. The third-order valence-corrected chi connectivity index (χ3v) is 6.98. The summed E-state index contributed by atoms with van der Waals surface area (Å²) in [5, 5.41) is 0. The van der Waals surface area contributed by atoms with Crippen molar-refractivity contribution >= 4 is 23.4 Å². The van der Waals surface area contributed by atoms with Crippen LogP contribution >= 0.6 is 0 Å². The summed E-state index contributed by atoms with van der Waals surface area (Å²) in [5.41, 5.74) is 2.68. The van der Waals surface area contributed by atoms with Gasteiger partial charge in [-0.1, -0.05) is 82.0 Å². The lowest BCUT2D eigenvalue weighted by Gasteiger charge is -2.35. The van der Waals surface area contributed by atoms with Gasteiger partial charge in [-0.05, 0) is 42.0 Å². The molecule has 2 aliphatic rings. The molecule has 0 N–H and O–H groups in total. The Hall–Kier alpha value is -2.95. The van der Waals surface area contributed by atoms with Crippen LogP contribution in [0.15, 0.2) is 54.6 Å². The first-order valence-electron chi connectivity index (χ1n) is 12.3. The van der Waals surface area contributed by atoms with Crippen LogP contribution in [0.1, 0.15) is 75.8 Å². The highest BCUT2D eigenvalue weighted by molar-refractivity contribution is 6.23. The first-order chi connectivity index (χ1) is 16.0. The molecule has 1 heterocycles. The Morgan fingerprint density at radius 1 is 0.939 bits per heavy atom. The Balaban J connectivity index is 1.61. The van der Waals surface area contributed by atoms with Crippen LogP contribution in [-0.4, -0.2) is 34.7 Å². The summed E-state index contributed by atoms with van der Waals surface area (Å²) in [6.07, 6.45) is 6.50. The highest BCUT2D eigenvalue weighted by Crippen LogP contribution is 2.32. The maximum Gasteiger partial charge on any atom is 0.257 e. The normalized spacial score (nSPS) is 19.7. The number of hydrogen-bond acceptors (Lipinski definition) is 3. The molecule has 0 aromatic heterocycles. The molecule has 0 bridgehead atoms. The third-order valence-electron chi connectivity index (χ3n) is 6.98. The number of hydrogen-bond donors (Lipinski definition) is 0. The van der Waals surface area contributed by atoms with Gasteiger partial charge in [0.25, 0.3) is 5.91 Å². The summed E-state index contributed by atoms with van der Waals surface area (Å²) in [6.45, 7) is 4.22. The minimum Gasteiger partial charge on any atom is -0.327 e. The van der Waals surface area contributed by atoms with Crippen LogP contribution in [0.4, 0.5) is 5.69 Å². The molecule has 4 rings (SSSR count). The minimum absolute atomic E-state index is 0.00808. The van der Waals surface area contributed by atoms with Crippen LogP contribution in [-0.2, 0) is 20.8 Å². The zero-order valence-electron chi connectivity index (χ0n) is 19.7. The molecule has 5 nitrogen and oxygen atoms in total. The van der Waals surface area contributed by atoms with Gasteiger partial charge in [0.05, 0.1) is 18.5 Å². The number of imide groups is 1. The molecule has 1 unspecified atom stereocenters. The molecule has 1 aliphatic carbocycles. The minimum atomic E-state index is -0.721. The first-order valence-corrected chi connectivity index (χ1v) is 12.3. The maximum absolute atomic E-state index is 13.6. The van der Waals surface area contributed by atoms with E-state index in [9.17, 15) is 14.4 Å². The van der Waals surface area contributed by atoms with E-state index in [0.717, 1.165) is 49.7 Å². The second-order valence-corrected chi connectivity index (χ2v) is 9.64. The molecule has 2 aromatic rings. The molecule has 1 saturated carbocycles. The van der Waals surface area contributed by atoms with Crippen LogP contribution in [0.5, 0.6) is 0 Å². The number of nitrogens with zero attached hydrogens (tertiary/aromatic N) is 2. The fraction of sp³-hybridized carbons (Fsp3) is 0.464. The fourth-order valence-electron chi connectivity index (χ4n) is 5.14. The number of amides is 3. The standard InChI is InChI=1S/C28H34N2O3/c1-20(2)22-14-16-24(17-15-22)30-27(32)19-25(28(30)33)29(23-12-8-3-4-9-13-23)26(31)18-21-10-6-5-7-11-21/h5-7,10-11,14-17,20,23,25H,3-4,8-9,12-13,18-19H2,1-2H3. The van der Waals surface area contributed by atoms with Gasteiger partial charge in [0.1, 0.15) is 6.04 Å². The largest absolute Gasteiger partial charge is 0.327 e. The van der Waals surface area contributed by atoms with E-state index in [1.807, 2.05) is 54.6 Å². The summed E-state index contributed by atoms with van der Waals surface area (Å²) in [4.78, 5) is 43.2. The quantitative estimate of drug-likeness (QED) is 0.451. The lowest BCUT2D eigenvalue weighted by atomic mass is 10.0. The fourth-order valence-corrected chi connectivity index (χ4v) is 5.14. The van der Waals surface area contributed by atoms with Crippen molar-refractivity contribution in [3.63, 3.8) is 0 Å². The average Bonchev–Trinajstić information content (AvgIpc) is 2.97. The molecule has 5 heteroatoms. The Kier molecular flexibility index (Phi) is 7.26. The van der Waals surface area contributed by atoms with Gasteiger partial charge in [-0.15, -0.1) is 0 Å². The highest BCUT2D eigenvalue weighted by Gasteiger charge is 2.46. The lowest BCUT2D eigenvalue weighted by molar-refractivity contribution is -0.140. The Labute approximate surface area is 196 Å². The van der Waals surface area contributed by atoms with Gasteiger partial charge < -0.3 is 4.90 Å². The van der Waals surface area contributed by atoms with Crippen molar-refractivity contribution in [3.05, 3.63) is 65.7 Å². The molecule has 1 atom stereocenters. The number of rotatable bonds is 6. The monoisotopic (exact) mass is 446 g/mol. The van der Waals surface area contributed by atoms with E-state index < -0.39 is 6.04 Å². The second-order valence-electron chi connectivity index (χ2n) is 9.64. The molecular formula is C28H34N2O3. The molecule has 3 amide bonds. The Morgan fingerprint density at radius 3 is 2.18 bits per heavy atom. The Morgan fingerprint density at radius 2 is 1.58 bits per heavy atom. The number of carbonyl (C=O) groups is 3. The van der Waals surface area contributed by atoms with Gasteiger partial charge in [0, 0.05) is 6.04 Å². The topological polar surface area (TPSA) is 57.7 Å². The van der Waals surface area contributed by atoms with Crippen molar-refractivity contribution in [2.45, 2.75) is 83.2 Å². The zero-order chi connectivity index (χ0) is 23.4. The van der Waals surface area contributed by atoms with Gasteiger partial charge in [-0.3, -0.25) is 14.4 Å². The third kappa shape index (κ3) is 5.18. The molecule has 2 fully saturated rings. The van der Waals surface area contributed by atoms with Gasteiger partial charge in [-0.2, -0.15) is 0 Å². The van der Waals surface area contributed by atoms with Crippen molar-refractivity contribution in [3.8, 4) is 0 Å². The van der Waals surface area contributed by atoms with Gasteiger partial charge in [-0.25, -0.2) is 4.90 Å². The van der Waals surface area contributed by atoms with Crippen molar-refractivity contribution < 1.29 is 14.4 Å². The van der Waals surface area contributed by atoms with Crippen molar-refractivity contribution in [2.75, 3.05) is 4.90 Å². The molecular weight excluding hydrogens is 412 g/mol. The van der Waals surface area contributed by atoms with Crippen LogP contribution in [0.25, 0.3) is 0 Å². The van der Waals surface area contributed by atoms with Crippen LogP contribution < -0.4 is 4.90 Å². The maximum atomic E-state index is 13.6. The molecule has 2 aromatic carbocycles. The predicted molar refractivity (Wildman–Crippen MR) is 130 cm³/mol. The van der Waals surface area contributed by atoms with Crippen LogP contribution in [0.2, 0.25) is 0 Å². The van der Waals surface area contributed by atoms with E-state index in [-0.39, 0.29) is 36.6 Å². The predicted octanol–water partition coefficient (Wildman–Crippen LogP) is 5.24. The van der Waals surface area contributed by atoms with Crippen molar-refractivity contribution in [2.24, 2.45) is 0 Å². The number of anilines is 1. The summed E-state index contributed by atoms with van der Waals surface area (Å²) in [5.74, 6) is -0.189. The van der Waals surface area contributed by atoms with E-state index in [0.29, 0.717) is 11.6 Å². The summed E-state index contributed by atoms with van der Waals surface area (Å²) in [6, 6.07) is 16.6. The van der Waals surface area contributed by atoms with Gasteiger partial charge in [0.15, 0.2) is 0 Å². The molecule has 1 saturated heterocycles. The molecule has 0 spiro atoms. The SMILES string of the molecule is CC(C)c1ccc(N2C(=O)CC(N(C(=O)Cc3ccccc3)C3CCCCCC3)C2=O)cc1. The zero-order valence-corrected chi connectivity index (χ0v) is 19.7. The molecule has 174 valence electrons. The van der Waals surface area contributed by atoms with E-state index in [1.165, 1.54) is 4.90 Å². The number of benzene rings is 2. The Bertz CT molecular complexity index is 976. The second kappa shape index (κ2) is 10.3. The molecule has 0 radical (unpaired) electrons. The summed E-state index contributed by atoms with van der Waals surface area (Å²) in [7, 11) is 0. The van der Waals surface area contributed by atoms with E-state index in [2.05, 4.69) is 13.8 Å². The van der Waals surface area contributed by atoms with E-state index >= 15 is 0 Å². The molecule has 1 aliphatic heterocycles. The van der Waals surface area contributed by atoms with E-state index in [1.54, 1.807) is 4.90 Å². The summed E-state index contributed by atoms with van der Waals surface area (Å²) >= 11 is 0. The molecule has 33 heavy (non-hydrogen) atoms. The highest BCUT2D eigenvalue weighted by atomic mass is 16.2. The smallest absolute Gasteiger partial charge is 0.257 e. The van der Waals surface area contributed by atoms with Crippen LogP contribution in [0.3, 0.4) is 0 Å².